The molecule has 0 fully saturated rings. The van der Waals surface area contributed by atoms with E-state index in [0.717, 1.165) is 0 Å². The number of alkyl halides is 2. The highest BCUT2D eigenvalue weighted by Crippen LogP contribution is 2.35. The van der Waals surface area contributed by atoms with Crippen LogP contribution in [0.3, 0.4) is 0 Å². The van der Waals surface area contributed by atoms with Crippen molar-refractivity contribution in [2.75, 3.05) is 0 Å². The maximum Gasteiger partial charge on any atom is 0.313 e. The van der Waals surface area contributed by atoms with Crippen LogP contribution < -0.4 is 0 Å². The van der Waals surface area contributed by atoms with E-state index in [9.17, 15) is 23.3 Å². The quantitative estimate of drug-likeness (QED) is 0.472. The van der Waals surface area contributed by atoms with Crippen LogP contribution in [0.25, 0.3) is 0 Å². The predicted octanol–water partition coefficient (Wildman–Crippen LogP) is 2.83. The van der Waals surface area contributed by atoms with Crippen LogP contribution in [0.15, 0.2) is 10.8 Å². The Morgan fingerprint density at radius 3 is 2.50 bits per heavy atom. The Hall–Kier alpha value is -1.18. The summed E-state index contributed by atoms with van der Waals surface area (Å²) in [5.41, 5.74) is -2.29. The number of hydrogen-bond acceptors (Lipinski definition) is 3. The van der Waals surface area contributed by atoms with Crippen molar-refractivity contribution < 1.29 is 18.1 Å². The Morgan fingerprint density at radius 1 is 1.57 bits per heavy atom. The largest absolute Gasteiger partial charge is 0.313 e. The fourth-order valence-corrected chi connectivity index (χ4v) is 1.31. The van der Waals surface area contributed by atoms with Crippen LogP contribution in [0.2, 0.25) is 0 Å². The second-order valence-corrected chi connectivity index (χ2v) is 2.97. The van der Waals surface area contributed by atoms with E-state index in [0.29, 0.717) is 6.20 Å². The molecule has 1 heterocycles. The van der Waals surface area contributed by atoms with E-state index in [1.165, 1.54) is 0 Å². The SMILES string of the molecule is O=[N+]([O-])c1c(Br)ncc(F)c1C(F)F. The van der Waals surface area contributed by atoms with Crippen LogP contribution in [0, 0.1) is 15.9 Å². The van der Waals surface area contributed by atoms with Crippen LogP contribution in [0.5, 0.6) is 0 Å². The summed E-state index contributed by atoms with van der Waals surface area (Å²) in [6, 6.07) is 0. The van der Waals surface area contributed by atoms with E-state index in [1.807, 2.05) is 0 Å². The maximum atomic E-state index is 12.8. The van der Waals surface area contributed by atoms with Crippen LogP contribution in [-0.2, 0) is 0 Å². The maximum absolute atomic E-state index is 12.8. The topological polar surface area (TPSA) is 56.0 Å². The Morgan fingerprint density at radius 2 is 2.14 bits per heavy atom. The van der Waals surface area contributed by atoms with Crippen LogP contribution in [0.4, 0.5) is 18.9 Å². The van der Waals surface area contributed by atoms with Gasteiger partial charge in [-0.05, 0) is 15.9 Å². The monoisotopic (exact) mass is 270 g/mol. The van der Waals surface area contributed by atoms with E-state index in [1.54, 1.807) is 0 Å². The third-order valence-corrected chi connectivity index (χ3v) is 1.98. The molecule has 0 unspecified atom stereocenters. The van der Waals surface area contributed by atoms with E-state index < -0.39 is 33.0 Å². The molecule has 0 aromatic carbocycles. The van der Waals surface area contributed by atoms with Gasteiger partial charge in [-0.15, -0.1) is 0 Å². The molecule has 0 spiro atoms. The van der Waals surface area contributed by atoms with Crippen molar-refractivity contribution in [3.05, 3.63) is 32.3 Å². The summed E-state index contributed by atoms with van der Waals surface area (Å²) in [5.74, 6) is -1.39. The number of pyridine rings is 1. The molecule has 4 nitrogen and oxygen atoms in total. The Kier molecular flexibility index (Phi) is 3.04. The van der Waals surface area contributed by atoms with Gasteiger partial charge in [0.1, 0.15) is 5.56 Å². The summed E-state index contributed by atoms with van der Waals surface area (Å²) < 4.78 is 36.8. The average molecular weight is 271 g/mol. The van der Waals surface area contributed by atoms with Gasteiger partial charge in [0, 0.05) is 0 Å². The molecular weight excluding hydrogens is 269 g/mol. The van der Waals surface area contributed by atoms with Gasteiger partial charge >= 0.3 is 5.69 Å². The molecule has 1 aromatic rings. The molecule has 0 saturated carbocycles. The number of nitro groups is 1. The van der Waals surface area contributed by atoms with Gasteiger partial charge in [-0.2, -0.15) is 0 Å². The van der Waals surface area contributed by atoms with Crippen molar-refractivity contribution in [2.45, 2.75) is 6.43 Å². The van der Waals surface area contributed by atoms with Crippen LogP contribution in [-0.4, -0.2) is 9.91 Å². The summed E-state index contributed by atoms with van der Waals surface area (Å²) in [5, 5.41) is 10.3. The Bertz CT molecular complexity index is 386. The second-order valence-electron chi connectivity index (χ2n) is 2.22. The molecule has 0 atom stereocenters. The van der Waals surface area contributed by atoms with Gasteiger partial charge in [0.05, 0.1) is 11.1 Å². The zero-order valence-corrected chi connectivity index (χ0v) is 7.96. The van der Waals surface area contributed by atoms with Crippen LogP contribution in [0.1, 0.15) is 12.0 Å². The highest BCUT2D eigenvalue weighted by atomic mass is 79.9. The molecule has 0 radical (unpaired) electrons. The first-order valence-corrected chi connectivity index (χ1v) is 4.01. The molecule has 8 heteroatoms. The molecule has 0 aliphatic heterocycles. The summed E-state index contributed by atoms with van der Waals surface area (Å²) in [6.45, 7) is 0. The van der Waals surface area contributed by atoms with Gasteiger partial charge in [-0.3, -0.25) is 10.1 Å². The van der Waals surface area contributed by atoms with Gasteiger partial charge < -0.3 is 0 Å². The number of halogens is 4. The van der Waals surface area contributed by atoms with Crippen molar-refractivity contribution >= 4 is 21.6 Å². The second kappa shape index (κ2) is 3.91. The third-order valence-electron chi connectivity index (χ3n) is 1.40. The van der Waals surface area contributed by atoms with Gasteiger partial charge in [-0.25, -0.2) is 18.2 Å². The molecule has 0 aliphatic rings. The van der Waals surface area contributed by atoms with Crippen molar-refractivity contribution in [3.8, 4) is 0 Å². The van der Waals surface area contributed by atoms with Crippen molar-refractivity contribution in [1.29, 1.82) is 0 Å². The van der Waals surface area contributed by atoms with Crippen molar-refractivity contribution in [1.82, 2.24) is 4.98 Å². The smallest absolute Gasteiger partial charge is 0.258 e. The standard InChI is InChI=1S/C6H2BrF3N2O2/c7-5-4(12(13)14)3(6(9)10)2(8)1-11-5/h1,6H. The molecule has 14 heavy (non-hydrogen) atoms. The van der Waals surface area contributed by atoms with Crippen molar-refractivity contribution in [2.24, 2.45) is 0 Å². The third kappa shape index (κ3) is 1.84. The van der Waals surface area contributed by atoms with E-state index in [-0.39, 0.29) is 0 Å². The summed E-state index contributed by atoms with van der Waals surface area (Å²) in [4.78, 5) is 12.4. The first kappa shape index (κ1) is 10.9. The molecule has 0 aliphatic carbocycles. The van der Waals surface area contributed by atoms with Gasteiger partial charge in [0.2, 0.25) is 0 Å². The fourth-order valence-electron chi connectivity index (χ4n) is 0.850. The molecule has 0 amide bonds. The van der Waals surface area contributed by atoms with E-state index >= 15 is 0 Å². The number of hydrogen-bond donors (Lipinski definition) is 0. The molecular formula is C6H2BrF3N2O2. The highest BCUT2D eigenvalue weighted by molar-refractivity contribution is 9.10. The lowest BCUT2D eigenvalue weighted by Crippen LogP contribution is -2.02. The number of rotatable bonds is 2. The minimum absolute atomic E-state index is 0.417. The first-order chi connectivity index (χ1) is 6.45. The van der Waals surface area contributed by atoms with E-state index in [2.05, 4.69) is 20.9 Å². The number of aromatic nitrogens is 1. The predicted molar refractivity (Wildman–Crippen MR) is 43.5 cm³/mol. The average Bonchev–Trinajstić information content (AvgIpc) is 2.07. The summed E-state index contributed by atoms with van der Waals surface area (Å²) in [6.07, 6.45) is -2.76. The highest BCUT2D eigenvalue weighted by Gasteiger charge is 2.29. The minimum atomic E-state index is -3.25. The van der Waals surface area contributed by atoms with Crippen LogP contribution >= 0.6 is 15.9 Å². The van der Waals surface area contributed by atoms with E-state index in [4.69, 9.17) is 0 Å². The molecule has 1 aromatic heterocycles. The molecule has 1 rings (SSSR count). The van der Waals surface area contributed by atoms with Gasteiger partial charge in [0.25, 0.3) is 6.43 Å². The Labute approximate surface area is 84.0 Å². The summed E-state index contributed by atoms with van der Waals surface area (Å²) >= 11 is 2.60. The lowest BCUT2D eigenvalue weighted by Gasteiger charge is -2.03. The van der Waals surface area contributed by atoms with Gasteiger partial charge in [-0.1, -0.05) is 0 Å². The molecule has 76 valence electrons. The zero-order chi connectivity index (χ0) is 10.9. The lowest BCUT2D eigenvalue weighted by atomic mass is 10.2. The zero-order valence-electron chi connectivity index (χ0n) is 6.38. The lowest BCUT2D eigenvalue weighted by molar-refractivity contribution is -0.387. The normalized spacial score (nSPS) is 10.6. The minimum Gasteiger partial charge on any atom is -0.258 e. The molecule has 0 saturated heterocycles. The first-order valence-electron chi connectivity index (χ1n) is 3.21. The van der Waals surface area contributed by atoms with Gasteiger partial charge in [0.15, 0.2) is 10.4 Å². The summed E-state index contributed by atoms with van der Waals surface area (Å²) in [7, 11) is 0. The molecule has 0 bridgehead atoms. The Balaban J connectivity index is 3.50. The molecule has 0 N–H and O–H groups in total. The fraction of sp³-hybridized carbons (Fsp3) is 0.167. The number of nitrogens with zero attached hydrogens (tertiary/aromatic N) is 2. The van der Waals surface area contributed by atoms with Crippen molar-refractivity contribution in [3.63, 3.8) is 0 Å².